The summed E-state index contributed by atoms with van der Waals surface area (Å²) in [6, 6.07) is 11.2. The average Bonchev–Trinajstić information content (AvgIpc) is 2.99. The summed E-state index contributed by atoms with van der Waals surface area (Å²) in [6.07, 6.45) is 11.7. The predicted molar refractivity (Wildman–Crippen MR) is 167 cm³/mol. The van der Waals surface area contributed by atoms with Gasteiger partial charge in [0.2, 0.25) is 0 Å². The predicted octanol–water partition coefficient (Wildman–Crippen LogP) is 5.36. The fraction of sp³-hybridized carbons (Fsp3) is 0.400. The fourth-order valence-corrected chi connectivity index (χ4v) is 5.84. The third-order valence-electron chi connectivity index (χ3n) is 7.73. The van der Waals surface area contributed by atoms with Crippen molar-refractivity contribution in [1.82, 2.24) is 19.8 Å². The average molecular weight is 584 g/mol. The molecule has 4 rings (SSSR count). The molecule has 2 aliphatic heterocycles. The molecule has 10 heteroatoms. The SMILES string of the molecule is C=C(/C(Cl)=C(Cl)\C=C/C)N(N)/C(=N\N)c1cc(-c2ccc(CN3CCC(N4CCCCC4)CC3)cc2)cnc1N. The molecule has 2 fully saturated rings. The third-order valence-corrected chi connectivity index (χ3v) is 8.57. The number of hydrazine groups is 1. The zero-order valence-corrected chi connectivity index (χ0v) is 24.7. The minimum absolute atomic E-state index is 0.157. The number of halogens is 2. The number of nitrogens with two attached hydrogens (primary N) is 3. The van der Waals surface area contributed by atoms with Crippen LogP contribution in [0.15, 0.2) is 76.1 Å². The van der Waals surface area contributed by atoms with Gasteiger partial charge in [-0.3, -0.25) is 9.91 Å². The van der Waals surface area contributed by atoms with Crippen LogP contribution in [0.4, 0.5) is 5.82 Å². The highest BCUT2D eigenvalue weighted by Gasteiger charge is 2.25. The van der Waals surface area contributed by atoms with E-state index in [0.29, 0.717) is 5.56 Å². The Hall–Kier alpha value is -2.88. The molecule has 0 amide bonds. The van der Waals surface area contributed by atoms with Crippen LogP contribution in [0.25, 0.3) is 11.1 Å². The first kappa shape index (κ1) is 30.1. The molecule has 2 saturated heterocycles. The summed E-state index contributed by atoms with van der Waals surface area (Å²) >= 11 is 12.6. The molecular weight excluding hydrogens is 543 g/mol. The molecule has 0 bridgehead atoms. The van der Waals surface area contributed by atoms with Crippen LogP contribution >= 0.6 is 23.2 Å². The minimum atomic E-state index is 0.157. The molecule has 2 aliphatic rings. The molecule has 1 aromatic carbocycles. The van der Waals surface area contributed by atoms with Crippen LogP contribution in [0.3, 0.4) is 0 Å². The normalized spacial score (nSPS) is 18.6. The molecule has 2 aromatic rings. The Bertz CT molecular complexity index is 1260. The monoisotopic (exact) mass is 582 g/mol. The summed E-state index contributed by atoms with van der Waals surface area (Å²) in [7, 11) is 0. The van der Waals surface area contributed by atoms with Crippen molar-refractivity contribution in [3.63, 3.8) is 0 Å². The summed E-state index contributed by atoms with van der Waals surface area (Å²) in [6.45, 7) is 11.6. The zero-order valence-electron chi connectivity index (χ0n) is 23.2. The lowest BCUT2D eigenvalue weighted by Crippen LogP contribution is -2.46. The van der Waals surface area contributed by atoms with Crippen molar-refractivity contribution in [2.24, 2.45) is 16.8 Å². The van der Waals surface area contributed by atoms with Gasteiger partial charge in [-0.15, -0.1) is 0 Å². The van der Waals surface area contributed by atoms with E-state index in [1.807, 2.05) is 13.0 Å². The first-order valence-electron chi connectivity index (χ1n) is 13.8. The minimum Gasteiger partial charge on any atom is -0.383 e. The topological polar surface area (TPSA) is 113 Å². The lowest BCUT2D eigenvalue weighted by atomic mass is 9.99. The number of anilines is 1. The highest BCUT2D eigenvalue weighted by Crippen LogP contribution is 2.28. The van der Waals surface area contributed by atoms with E-state index < -0.39 is 0 Å². The molecule has 214 valence electrons. The van der Waals surface area contributed by atoms with Gasteiger partial charge in [0, 0.05) is 24.3 Å². The third kappa shape index (κ3) is 7.25. The van der Waals surface area contributed by atoms with E-state index in [-0.39, 0.29) is 27.4 Å². The van der Waals surface area contributed by atoms with Gasteiger partial charge in [0.25, 0.3) is 0 Å². The van der Waals surface area contributed by atoms with Crippen LogP contribution in [0.1, 0.15) is 50.2 Å². The number of piperidine rings is 2. The van der Waals surface area contributed by atoms with Crippen molar-refractivity contribution in [2.75, 3.05) is 31.9 Å². The van der Waals surface area contributed by atoms with Gasteiger partial charge in [-0.25, -0.2) is 10.8 Å². The second kappa shape index (κ2) is 14.1. The molecule has 1 aromatic heterocycles. The van der Waals surface area contributed by atoms with E-state index >= 15 is 0 Å². The van der Waals surface area contributed by atoms with Gasteiger partial charge in [0.05, 0.1) is 21.3 Å². The maximum atomic E-state index is 6.37. The number of pyridine rings is 1. The quantitative estimate of drug-likeness (QED) is 0.126. The number of nitrogen functional groups attached to an aromatic ring is 1. The number of amidine groups is 1. The van der Waals surface area contributed by atoms with Crippen LogP contribution < -0.4 is 17.4 Å². The van der Waals surface area contributed by atoms with Gasteiger partial charge in [-0.05, 0) is 82.1 Å². The lowest BCUT2D eigenvalue weighted by molar-refractivity contribution is 0.0896. The molecule has 8 nitrogen and oxygen atoms in total. The number of aromatic nitrogens is 1. The van der Waals surface area contributed by atoms with Crippen molar-refractivity contribution in [3.8, 4) is 11.1 Å². The molecular formula is C30H40Cl2N8. The summed E-state index contributed by atoms with van der Waals surface area (Å²) in [4.78, 5) is 9.65. The van der Waals surface area contributed by atoms with Gasteiger partial charge in [-0.2, -0.15) is 5.10 Å². The Balaban J connectivity index is 1.43. The van der Waals surface area contributed by atoms with Crippen molar-refractivity contribution in [2.45, 2.75) is 51.6 Å². The zero-order chi connectivity index (χ0) is 28.6. The van der Waals surface area contributed by atoms with Gasteiger partial charge in [-0.1, -0.05) is 66.5 Å². The molecule has 0 aliphatic carbocycles. The maximum absolute atomic E-state index is 6.37. The number of rotatable bonds is 8. The van der Waals surface area contributed by atoms with Crippen LogP contribution in [0.5, 0.6) is 0 Å². The van der Waals surface area contributed by atoms with Crippen LogP contribution in [-0.4, -0.2) is 57.8 Å². The Morgan fingerprint density at radius 3 is 2.40 bits per heavy atom. The molecule has 0 unspecified atom stereocenters. The van der Waals surface area contributed by atoms with Gasteiger partial charge < -0.3 is 16.5 Å². The molecule has 40 heavy (non-hydrogen) atoms. The van der Waals surface area contributed by atoms with Crippen molar-refractivity contribution >= 4 is 34.9 Å². The summed E-state index contributed by atoms with van der Waals surface area (Å²) in [5, 5.41) is 5.47. The molecule has 0 atom stereocenters. The number of benzene rings is 1. The van der Waals surface area contributed by atoms with E-state index in [4.69, 9.17) is 40.6 Å². The number of allylic oxidation sites excluding steroid dienone is 4. The van der Waals surface area contributed by atoms with Crippen LogP contribution in [0, 0.1) is 0 Å². The van der Waals surface area contributed by atoms with Crippen molar-refractivity contribution < 1.29 is 0 Å². The second-order valence-electron chi connectivity index (χ2n) is 10.4. The molecule has 3 heterocycles. The Morgan fingerprint density at radius 2 is 1.77 bits per heavy atom. The Morgan fingerprint density at radius 1 is 1.10 bits per heavy atom. The Kier molecular flexibility index (Phi) is 10.6. The van der Waals surface area contributed by atoms with E-state index in [2.05, 4.69) is 50.7 Å². The first-order valence-corrected chi connectivity index (χ1v) is 14.6. The van der Waals surface area contributed by atoms with Gasteiger partial charge >= 0.3 is 0 Å². The second-order valence-corrected chi connectivity index (χ2v) is 11.2. The van der Waals surface area contributed by atoms with Crippen LogP contribution in [-0.2, 0) is 6.54 Å². The van der Waals surface area contributed by atoms with E-state index in [9.17, 15) is 0 Å². The van der Waals surface area contributed by atoms with Crippen molar-refractivity contribution in [3.05, 3.63) is 82.1 Å². The number of hydrazone groups is 1. The van der Waals surface area contributed by atoms with Crippen molar-refractivity contribution in [1.29, 1.82) is 0 Å². The highest BCUT2D eigenvalue weighted by atomic mass is 35.5. The number of hydrogen-bond donors (Lipinski definition) is 3. The molecule has 0 saturated carbocycles. The molecule has 0 radical (unpaired) electrons. The van der Waals surface area contributed by atoms with E-state index in [1.165, 1.54) is 50.8 Å². The molecule has 6 N–H and O–H groups in total. The summed E-state index contributed by atoms with van der Waals surface area (Å²) < 4.78 is 0. The van der Waals surface area contributed by atoms with E-state index in [0.717, 1.165) is 41.8 Å². The molecule has 0 spiro atoms. The lowest BCUT2D eigenvalue weighted by Gasteiger charge is -2.40. The van der Waals surface area contributed by atoms with Gasteiger partial charge in [0.15, 0.2) is 5.84 Å². The number of hydrogen-bond acceptors (Lipinski definition) is 7. The number of nitrogens with zero attached hydrogens (tertiary/aromatic N) is 5. The summed E-state index contributed by atoms with van der Waals surface area (Å²) in [5.41, 5.74) is 10.0. The fourth-order valence-electron chi connectivity index (χ4n) is 5.45. The van der Waals surface area contributed by atoms with Crippen LogP contribution in [0.2, 0.25) is 0 Å². The Labute approximate surface area is 247 Å². The summed E-state index contributed by atoms with van der Waals surface area (Å²) in [5.74, 6) is 12.4. The van der Waals surface area contributed by atoms with E-state index in [1.54, 1.807) is 18.3 Å². The smallest absolute Gasteiger partial charge is 0.177 e. The standard InChI is InChI=1S/C30H40Cl2N8/c1-3-7-27(31)28(32)21(2)40(35)30(37-34)26-18-24(19-36-29(26)33)23-10-8-22(9-11-23)20-38-16-12-25(13-17-38)39-14-5-4-6-15-39/h3,7-11,18-19,25H,2,4-6,12-17,20,34-35H2,1H3,(H2,33,36)/b7-3-,28-27-,37-30-. The largest absolute Gasteiger partial charge is 0.383 e. The van der Waals surface area contributed by atoms with Gasteiger partial charge in [0.1, 0.15) is 5.82 Å². The number of likely N-dealkylation sites (tertiary alicyclic amines) is 2. The maximum Gasteiger partial charge on any atom is 0.177 e. The highest BCUT2D eigenvalue weighted by molar-refractivity contribution is 6.41. The first-order chi connectivity index (χ1) is 19.3.